The molecule has 6 nitrogen and oxygen atoms in total. The van der Waals surface area contributed by atoms with Gasteiger partial charge in [-0.2, -0.15) is 26.3 Å². The Bertz CT molecular complexity index is 1490. The van der Waals surface area contributed by atoms with Crippen LogP contribution in [0.4, 0.5) is 26.3 Å². The van der Waals surface area contributed by atoms with Crippen LogP contribution in [0, 0.1) is 5.41 Å². The standard InChI is InChI=1S/C26H24F6N4O2.2ClH/c1-23-13-24(23,16-6-8-17(9-7-16)25(27,28)29)15-35(14-23)10-3-11-36-12-18(21(37)34-22(36)38)19-4-2-5-20(33-19)26(30,31)32;;/h2,4-9,12H,3,10-11,13-15H2,1H3,(H,34,37,38);2*1H/t23-,24+;;/m0../s1. The molecule has 0 bridgehead atoms. The number of aromatic nitrogens is 3. The number of aromatic amines is 1. The third-order valence-electron chi connectivity index (χ3n) is 7.75. The number of H-pyrrole nitrogens is 1. The van der Waals surface area contributed by atoms with E-state index in [1.54, 1.807) is 12.1 Å². The second kappa shape index (κ2) is 10.9. The predicted molar refractivity (Wildman–Crippen MR) is 141 cm³/mol. The summed E-state index contributed by atoms with van der Waals surface area (Å²) in [6.07, 6.45) is -6.45. The molecule has 218 valence electrons. The molecule has 0 amide bonds. The number of hydrogen-bond acceptors (Lipinski definition) is 4. The van der Waals surface area contributed by atoms with Gasteiger partial charge in [-0.3, -0.25) is 14.3 Å². The van der Waals surface area contributed by atoms with Gasteiger partial charge in [0.2, 0.25) is 0 Å². The number of nitrogens with one attached hydrogen (secondary N) is 1. The minimum absolute atomic E-state index is 0. The van der Waals surface area contributed by atoms with Crippen molar-refractivity contribution in [1.82, 2.24) is 19.4 Å². The van der Waals surface area contributed by atoms with Crippen LogP contribution in [-0.4, -0.2) is 39.1 Å². The van der Waals surface area contributed by atoms with Crippen molar-refractivity contribution in [3.05, 3.63) is 86.3 Å². The van der Waals surface area contributed by atoms with Gasteiger partial charge in [0.25, 0.3) is 5.56 Å². The van der Waals surface area contributed by atoms with Crippen LogP contribution >= 0.6 is 24.8 Å². The van der Waals surface area contributed by atoms with Crippen molar-refractivity contribution < 1.29 is 26.3 Å². The lowest BCUT2D eigenvalue weighted by atomic mass is 9.89. The molecule has 0 spiro atoms. The van der Waals surface area contributed by atoms with E-state index in [9.17, 15) is 35.9 Å². The average molecular weight is 611 g/mol. The molecule has 5 rings (SSSR count). The molecule has 3 heterocycles. The Morgan fingerprint density at radius 1 is 0.925 bits per heavy atom. The van der Waals surface area contributed by atoms with Gasteiger partial charge in [0.1, 0.15) is 5.69 Å². The molecule has 2 fully saturated rings. The molecule has 2 atom stereocenters. The van der Waals surface area contributed by atoms with Crippen molar-refractivity contribution in [3.63, 3.8) is 0 Å². The van der Waals surface area contributed by atoms with E-state index in [1.165, 1.54) is 16.8 Å². The van der Waals surface area contributed by atoms with Crippen LogP contribution in [-0.2, 0) is 24.3 Å². The lowest BCUT2D eigenvalue weighted by Gasteiger charge is -2.21. The minimum Gasteiger partial charge on any atom is -0.302 e. The SMILES string of the molecule is C[C@]12CN(CCCn3cc(-c4cccc(C(F)(F)F)n4)c(=O)[nH]c3=O)C[C@@]1(c1ccc(C(F)(F)F)cc1)C2.Cl.Cl. The molecular weight excluding hydrogens is 585 g/mol. The van der Waals surface area contributed by atoms with Crippen LogP contribution in [0.3, 0.4) is 0 Å². The highest BCUT2D eigenvalue weighted by atomic mass is 35.5. The van der Waals surface area contributed by atoms with Crippen LogP contribution in [0.2, 0.25) is 0 Å². The summed E-state index contributed by atoms with van der Waals surface area (Å²) >= 11 is 0. The smallest absolute Gasteiger partial charge is 0.302 e. The number of hydrogen-bond donors (Lipinski definition) is 1. The third kappa shape index (κ3) is 5.80. The predicted octanol–water partition coefficient (Wildman–Crippen LogP) is 5.53. The number of pyridine rings is 1. The van der Waals surface area contributed by atoms with Crippen molar-refractivity contribution in [2.75, 3.05) is 19.6 Å². The number of benzene rings is 1. The molecule has 1 aromatic carbocycles. The maximum Gasteiger partial charge on any atom is 0.433 e. The second-order valence-corrected chi connectivity index (χ2v) is 10.4. The number of halogens is 8. The first kappa shape index (κ1) is 31.7. The zero-order valence-electron chi connectivity index (χ0n) is 21.1. The lowest BCUT2D eigenvalue weighted by Crippen LogP contribution is -2.33. The highest BCUT2D eigenvalue weighted by Gasteiger charge is 2.69. The van der Waals surface area contributed by atoms with E-state index in [0.29, 0.717) is 19.5 Å². The molecular formula is C26H26Cl2F6N4O2. The van der Waals surface area contributed by atoms with Crippen molar-refractivity contribution in [3.8, 4) is 11.3 Å². The first-order valence-electron chi connectivity index (χ1n) is 12.0. The average Bonchev–Trinajstić information content (AvgIpc) is 3.32. The highest BCUT2D eigenvalue weighted by Crippen LogP contribution is 2.68. The first-order valence-corrected chi connectivity index (χ1v) is 12.0. The summed E-state index contributed by atoms with van der Waals surface area (Å²) in [6.45, 7) is 4.36. The molecule has 1 aliphatic carbocycles. The van der Waals surface area contributed by atoms with Crippen molar-refractivity contribution in [2.24, 2.45) is 5.41 Å². The Morgan fingerprint density at radius 2 is 1.60 bits per heavy atom. The van der Waals surface area contributed by atoms with Gasteiger partial charge in [0.15, 0.2) is 0 Å². The molecule has 40 heavy (non-hydrogen) atoms. The zero-order chi connectivity index (χ0) is 27.5. The molecule has 1 saturated carbocycles. The molecule has 2 aliphatic rings. The van der Waals surface area contributed by atoms with E-state index >= 15 is 0 Å². The fraction of sp³-hybridized carbons (Fsp3) is 0.423. The third-order valence-corrected chi connectivity index (χ3v) is 7.75. The van der Waals surface area contributed by atoms with E-state index in [4.69, 9.17) is 0 Å². The van der Waals surface area contributed by atoms with Gasteiger partial charge < -0.3 is 4.90 Å². The normalized spacial score (nSPS) is 22.3. The van der Waals surface area contributed by atoms with E-state index in [0.717, 1.165) is 42.8 Å². The first-order chi connectivity index (χ1) is 17.7. The van der Waals surface area contributed by atoms with Gasteiger partial charge in [-0.15, -0.1) is 24.8 Å². The molecule has 2 aromatic heterocycles. The molecule has 14 heteroatoms. The second-order valence-electron chi connectivity index (χ2n) is 10.4. The van der Waals surface area contributed by atoms with E-state index in [1.807, 2.05) is 0 Å². The Kier molecular flexibility index (Phi) is 8.61. The fourth-order valence-electron chi connectivity index (χ4n) is 5.75. The van der Waals surface area contributed by atoms with Crippen molar-refractivity contribution in [1.29, 1.82) is 0 Å². The van der Waals surface area contributed by atoms with Gasteiger partial charge in [0, 0.05) is 31.2 Å². The van der Waals surface area contributed by atoms with Crippen molar-refractivity contribution >= 4 is 24.8 Å². The monoisotopic (exact) mass is 610 g/mol. The van der Waals surface area contributed by atoms with Crippen LogP contribution in [0.15, 0.2) is 58.3 Å². The van der Waals surface area contributed by atoms with Gasteiger partial charge in [0.05, 0.1) is 16.8 Å². The van der Waals surface area contributed by atoms with Crippen LogP contribution in [0.5, 0.6) is 0 Å². The largest absolute Gasteiger partial charge is 0.433 e. The number of alkyl halides is 6. The number of fused-ring (bicyclic) bond motifs is 1. The molecule has 1 saturated heterocycles. The molecule has 0 unspecified atom stereocenters. The van der Waals surface area contributed by atoms with E-state index < -0.39 is 34.9 Å². The number of aryl methyl sites for hydroxylation is 1. The van der Waals surface area contributed by atoms with Crippen LogP contribution < -0.4 is 11.2 Å². The number of likely N-dealkylation sites (tertiary alicyclic amines) is 1. The van der Waals surface area contributed by atoms with Crippen LogP contribution in [0.25, 0.3) is 11.3 Å². The maximum atomic E-state index is 13.0. The summed E-state index contributed by atoms with van der Waals surface area (Å²) in [5.74, 6) is 0. The summed E-state index contributed by atoms with van der Waals surface area (Å²) < 4.78 is 79.2. The van der Waals surface area contributed by atoms with Gasteiger partial charge in [-0.05, 0) is 54.6 Å². The van der Waals surface area contributed by atoms with Crippen LogP contribution in [0.1, 0.15) is 36.6 Å². The number of rotatable bonds is 6. The molecule has 1 N–H and O–H groups in total. The Balaban J connectivity index is 0.00000220. The Labute approximate surface area is 237 Å². The Morgan fingerprint density at radius 3 is 2.23 bits per heavy atom. The lowest BCUT2D eigenvalue weighted by molar-refractivity contribution is -0.141. The van der Waals surface area contributed by atoms with Gasteiger partial charge >= 0.3 is 18.0 Å². The van der Waals surface area contributed by atoms with E-state index in [-0.39, 0.29) is 53.4 Å². The number of piperidine rings is 1. The highest BCUT2D eigenvalue weighted by molar-refractivity contribution is 5.85. The van der Waals surface area contributed by atoms with E-state index in [2.05, 4.69) is 21.8 Å². The fourth-order valence-corrected chi connectivity index (χ4v) is 5.75. The summed E-state index contributed by atoms with van der Waals surface area (Å²) in [5, 5.41) is 0. The molecule has 0 radical (unpaired) electrons. The van der Waals surface area contributed by atoms with Crippen molar-refractivity contribution in [2.45, 2.75) is 44.1 Å². The molecule has 1 aliphatic heterocycles. The number of nitrogens with zero attached hydrogens (tertiary/aromatic N) is 3. The summed E-state index contributed by atoms with van der Waals surface area (Å²) in [5.41, 5.74) is -3.06. The summed E-state index contributed by atoms with van der Waals surface area (Å²) in [6, 6.07) is 8.56. The molecule has 3 aromatic rings. The quantitative estimate of drug-likeness (QED) is 0.372. The van der Waals surface area contributed by atoms with Gasteiger partial charge in [-0.25, -0.2) is 9.78 Å². The summed E-state index contributed by atoms with van der Waals surface area (Å²) in [7, 11) is 0. The van der Waals surface area contributed by atoms with Gasteiger partial charge in [-0.1, -0.05) is 25.1 Å². The zero-order valence-corrected chi connectivity index (χ0v) is 22.7. The minimum atomic E-state index is -4.68. The maximum absolute atomic E-state index is 13.0. The summed E-state index contributed by atoms with van der Waals surface area (Å²) in [4.78, 5) is 32.5. The topological polar surface area (TPSA) is 71.0 Å². The Hall–Kier alpha value is -2.83.